The van der Waals surface area contributed by atoms with Crippen LogP contribution in [-0.2, 0) is 20.5 Å². The van der Waals surface area contributed by atoms with Crippen LogP contribution in [0.25, 0.3) is 11.1 Å². The van der Waals surface area contributed by atoms with Gasteiger partial charge in [0.15, 0.2) is 11.5 Å². The van der Waals surface area contributed by atoms with Crippen molar-refractivity contribution in [3.8, 4) is 16.9 Å². The van der Waals surface area contributed by atoms with E-state index in [0.29, 0.717) is 28.7 Å². The quantitative estimate of drug-likeness (QED) is 0.378. The van der Waals surface area contributed by atoms with Crippen LogP contribution < -0.4 is 9.92 Å². The van der Waals surface area contributed by atoms with Gasteiger partial charge in [0.2, 0.25) is 0 Å². The molecule has 0 spiro atoms. The molecule has 1 aliphatic heterocycles. The zero-order valence-electron chi connectivity index (χ0n) is 18.9. The Kier molecular flexibility index (Phi) is 6.52. The van der Waals surface area contributed by atoms with E-state index in [9.17, 15) is 17.6 Å². The molecular weight excluding hydrogens is 495 g/mol. The number of guanidine groups is 1. The van der Waals surface area contributed by atoms with Gasteiger partial charge in [-0.2, -0.15) is 8.42 Å². The van der Waals surface area contributed by atoms with E-state index in [1.807, 2.05) is 0 Å². The van der Waals surface area contributed by atoms with Crippen molar-refractivity contribution in [3.05, 3.63) is 82.9 Å². The number of aromatic nitrogens is 1. The van der Waals surface area contributed by atoms with Crippen molar-refractivity contribution in [2.75, 3.05) is 12.8 Å². The monoisotopic (exact) mass is 516 g/mol. The van der Waals surface area contributed by atoms with Gasteiger partial charge in [0.1, 0.15) is 16.7 Å². The van der Waals surface area contributed by atoms with Gasteiger partial charge in [0, 0.05) is 12.6 Å². The Morgan fingerprint density at radius 2 is 1.86 bits per heavy atom. The standard InChI is InChI=1S/C24H22ClFN4O4S/c1-3-11-35(32,33)34-19-9-7-16(8-10-19)24(22(31)30(2)23(27)29-24)17-6-4-5-15(12-17)20-13-18(26)14-28-21(20)25/h4-10,12-14H,3,11H2,1-2H3,(H2,27,29). The Morgan fingerprint density at radius 3 is 2.49 bits per heavy atom. The molecule has 1 aromatic heterocycles. The average molecular weight is 517 g/mol. The zero-order valence-corrected chi connectivity index (χ0v) is 20.5. The number of nitrogens with zero attached hydrogens (tertiary/aromatic N) is 3. The molecule has 1 amide bonds. The third-order valence-corrected chi connectivity index (χ3v) is 7.24. The first-order valence-corrected chi connectivity index (χ1v) is 12.6. The highest BCUT2D eigenvalue weighted by molar-refractivity contribution is 7.87. The summed E-state index contributed by atoms with van der Waals surface area (Å²) in [4.78, 5) is 23.1. The van der Waals surface area contributed by atoms with E-state index >= 15 is 0 Å². The van der Waals surface area contributed by atoms with E-state index in [-0.39, 0.29) is 22.6 Å². The molecule has 4 rings (SSSR count). The van der Waals surface area contributed by atoms with Gasteiger partial charge in [-0.1, -0.05) is 48.9 Å². The van der Waals surface area contributed by atoms with E-state index in [2.05, 4.69) is 9.98 Å². The lowest BCUT2D eigenvalue weighted by molar-refractivity contribution is -0.129. The molecule has 2 N–H and O–H groups in total. The number of nitrogens with two attached hydrogens (primary N) is 1. The Balaban J connectivity index is 1.83. The first-order chi connectivity index (χ1) is 16.6. The van der Waals surface area contributed by atoms with Crippen molar-refractivity contribution in [1.82, 2.24) is 9.88 Å². The van der Waals surface area contributed by atoms with E-state index < -0.39 is 27.4 Å². The molecule has 0 fully saturated rings. The van der Waals surface area contributed by atoms with Crippen LogP contribution in [0, 0.1) is 5.82 Å². The lowest BCUT2D eigenvalue weighted by Gasteiger charge is -2.26. The molecule has 1 unspecified atom stereocenters. The van der Waals surface area contributed by atoms with Crippen LogP contribution in [0.2, 0.25) is 5.15 Å². The molecular formula is C24H22ClFN4O4S. The number of hydrogen-bond donors (Lipinski definition) is 1. The van der Waals surface area contributed by atoms with Crippen LogP contribution in [0.4, 0.5) is 4.39 Å². The second-order valence-corrected chi connectivity index (χ2v) is 10.0. The maximum Gasteiger partial charge on any atom is 0.309 e. The van der Waals surface area contributed by atoms with Crippen LogP contribution in [0.1, 0.15) is 24.5 Å². The van der Waals surface area contributed by atoms with E-state index in [1.165, 1.54) is 30.1 Å². The SMILES string of the molecule is CCCS(=O)(=O)Oc1ccc(C2(c3cccc(-c4cc(F)cnc4Cl)c3)N=C(N)N(C)C2=O)cc1. The normalized spacial score (nSPS) is 18.0. The van der Waals surface area contributed by atoms with Crippen LogP contribution in [0.15, 0.2) is 65.8 Å². The number of carbonyl (C=O) groups excluding carboxylic acids is 1. The number of amides is 1. The average Bonchev–Trinajstić information content (AvgIpc) is 3.05. The summed E-state index contributed by atoms with van der Waals surface area (Å²) in [6, 6.07) is 14.1. The van der Waals surface area contributed by atoms with Crippen molar-refractivity contribution in [2.45, 2.75) is 18.9 Å². The smallest absolute Gasteiger partial charge is 0.309 e. The van der Waals surface area contributed by atoms with Gasteiger partial charge in [-0.05, 0) is 47.4 Å². The predicted octanol–water partition coefficient (Wildman–Crippen LogP) is 3.69. The number of benzene rings is 2. The topological polar surface area (TPSA) is 115 Å². The number of hydrogen-bond acceptors (Lipinski definition) is 7. The first-order valence-electron chi connectivity index (χ1n) is 10.7. The highest BCUT2D eigenvalue weighted by Gasteiger charge is 2.49. The fourth-order valence-corrected chi connectivity index (χ4v) is 5.11. The van der Waals surface area contributed by atoms with Crippen molar-refractivity contribution in [3.63, 3.8) is 0 Å². The maximum absolute atomic E-state index is 13.9. The molecule has 0 saturated heterocycles. The second kappa shape index (κ2) is 9.27. The van der Waals surface area contributed by atoms with Gasteiger partial charge >= 0.3 is 10.1 Å². The Labute approximate surface area is 207 Å². The molecule has 35 heavy (non-hydrogen) atoms. The predicted molar refractivity (Wildman–Crippen MR) is 131 cm³/mol. The summed E-state index contributed by atoms with van der Waals surface area (Å²) in [5.74, 6) is -0.969. The molecule has 0 bridgehead atoms. The molecule has 8 nitrogen and oxygen atoms in total. The number of aliphatic imine (C=N–C) groups is 1. The van der Waals surface area contributed by atoms with Crippen LogP contribution >= 0.6 is 11.6 Å². The third-order valence-electron chi connectivity index (χ3n) is 5.59. The van der Waals surface area contributed by atoms with Crippen molar-refractivity contribution < 1.29 is 21.8 Å². The Morgan fingerprint density at radius 1 is 1.14 bits per heavy atom. The van der Waals surface area contributed by atoms with Gasteiger partial charge in [0.25, 0.3) is 5.91 Å². The fourth-order valence-electron chi connectivity index (χ4n) is 3.91. The maximum atomic E-state index is 13.9. The van der Waals surface area contributed by atoms with Crippen LogP contribution in [0.3, 0.4) is 0 Å². The molecule has 0 radical (unpaired) electrons. The first kappa shape index (κ1) is 24.6. The van der Waals surface area contributed by atoms with Crippen molar-refractivity contribution >= 4 is 33.6 Å². The zero-order chi connectivity index (χ0) is 25.4. The number of halogens is 2. The number of rotatable bonds is 7. The Hall–Kier alpha value is -3.50. The number of likely N-dealkylation sites (N-methyl/N-ethyl adjacent to an activating group) is 1. The highest BCUT2D eigenvalue weighted by Crippen LogP contribution is 2.41. The molecule has 2 heterocycles. The summed E-state index contributed by atoms with van der Waals surface area (Å²) in [6.45, 7) is 1.74. The molecule has 0 saturated carbocycles. The Bertz CT molecular complexity index is 1430. The molecule has 11 heteroatoms. The van der Waals surface area contributed by atoms with Crippen molar-refractivity contribution in [1.29, 1.82) is 0 Å². The minimum Gasteiger partial charge on any atom is -0.382 e. The van der Waals surface area contributed by atoms with Crippen LogP contribution in [0.5, 0.6) is 5.75 Å². The van der Waals surface area contributed by atoms with E-state index in [4.69, 9.17) is 21.5 Å². The van der Waals surface area contributed by atoms with Crippen molar-refractivity contribution in [2.24, 2.45) is 10.7 Å². The van der Waals surface area contributed by atoms with E-state index in [0.717, 1.165) is 6.20 Å². The van der Waals surface area contributed by atoms with Crippen LogP contribution in [-0.4, -0.2) is 43.0 Å². The molecule has 0 aliphatic carbocycles. The lowest BCUT2D eigenvalue weighted by atomic mass is 9.82. The molecule has 2 aromatic carbocycles. The minimum absolute atomic E-state index is 0.0108. The fraction of sp³-hybridized carbons (Fsp3) is 0.208. The lowest BCUT2D eigenvalue weighted by Crippen LogP contribution is -2.41. The third kappa shape index (κ3) is 4.59. The van der Waals surface area contributed by atoms with Gasteiger partial charge < -0.3 is 9.92 Å². The molecule has 182 valence electrons. The molecule has 3 aromatic rings. The van der Waals surface area contributed by atoms with Gasteiger partial charge in [0.05, 0.1) is 11.9 Å². The molecule has 1 atom stereocenters. The summed E-state index contributed by atoms with van der Waals surface area (Å²) in [5, 5.41) is 0.102. The minimum atomic E-state index is -3.73. The largest absolute Gasteiger partial charge is 0.382 e. The van der Waals surface area contributed by atoms with Gasteiger partial charge in [-0.3, -0.25) is 9.69 Å². The summed E-state index contributed by atoms with van der Waals surface area (Å²) >= 11 is 6.20. The number of carbonyl (C=O) groups is 1. The number of pyridine rings is 1. The van der Waals surface area contributed by atoms with Gasteiger partial charge in [-0.25, -0.2) is 14.4 Å². The van der Waals surface area contributed by atoms with E-state index in [1.54, 1.807) is 43.3 Å². The summed E-state index contributed by atoms with van der Waals surface area (Å²) in [7, 11) is -2.22. The summed E-state index contributed by atoms with van der Waals surface area (Å²) in [5.41, 5.74) is 6.25. The van der Waals surface area contributed by atoms with Gasteiger partial charge in [-0.15, -0.1) is 0 Å². The summed E-state index contributed by atoms with van der Waals surface area (Å²) < 4.78 is 43.0. The highest BCUT2D eigenvalue weighted by atomic mass is 35.5. The second-order valence-electron chi connectivity index (χ2n) is 7.99. The molecule has 1 aliphatic rings. The summed E-state index contributed by atoms with van der Waals surface area (Å²) in [6.07, 6.45) is 1.43.